The molecule has 7 rings (SSSR count). The molecule has 2 aliphatic rings. The highest BCUT2D eigenvalue weighted by atomic mass is 35.5. The number of nitrogens with one attached hydrogen (secondary N) is 4. The minimum Gasteiger partial charge on any atom is -0.481 e. The Kier molecular flexibility index (Phi) is 11.1. The van der Waals surface area contributed by atoms with Crippen LogP contribution in [0.3, 0.4) is 0 Å². The van der Waals surface area contributed by atoms with E-state index in [1.165, 1.54) is 0 Å². The molecular formula is C40H41Cl2N7O4. The number of ether oxygens (including phenoxy) is 1. The van der Waals surface area contributed by atoms with E-state index in [2.05, 4.69) is 21.3 Å². The van der Waals surface area contributed by atoms with Crippen LogP contribution in [0, 0.1) is 0 Å². The summed E-state index contributed by atoms with van der Waals surface area (Å²) in [7, 11) is 1.59. The van der Waals surface area contributed by atoms with Crippen molar-refractivity contribution in [1.82, 2.24) is 35.6 Å². The molecule has 274 valence electrons. The average molecular weight is 755 g/mol. The van der Waals surface area contributed by atoms with Crippen molar-refractivity contribution in [1.29, 1.82) is 0 Å². The maximum absolute atomic E-state index is 13.6. The smallest absolute Gasteiger partial charge is 0.262 e. The van der Waals surface area contributed by atoms with Crippen LogP contribution < -0.4 is 31.6 Å². The molecular weight excluding hydrogens is 713 g/mol. The third-order valence-corrected chi connectivity index (χ3v) is 10.7. The Balaban J connectivity index is 1.13. The van der Waals surface area contributed by atoms with Gasteiger partial charge in [-0.05, 0) is 43.0 Å². The van der Waals surface area contributed by atoms with Gasteiger partial charge in [-0.15, -0.1) is 0 Å². The second-order valence-corrected chi connectivity index (χ2v) is 14.2. The highest BCUT2D eigenvalue weighted by Crippen LogP contribution is 2.42. The van der Waals surface area contributed by atoms with Crippen molar-refractivity contribution >= 4 is 40.7 Å². The summed E-state index contributed by atoms with van der Waals surface area (Å²) in [6, 6.07) is 19.4. The van der Waals surface area contributed by atoms with Crippen LogP contribution in [0.5, 0.6) is 5.88 Å². The minimum absolute atomic E-state index is 0.0646. The zero-order valence-corrected chi connectivity index (χ0v) is 31.1. The molecule has 53 heavy (non-hydrogen) atoms. The molecule has 11 nitrogen and oxygen atoms in total. The lowest BCUT2D eigenvalue weighted by atomic mass is 9.97. The van der Waals surface area contributed by atoms with Gasteiger partial charge in [0.25, 0.3) is 5.56 Å². The standard InChI is InChI=1S/C40H41Cl2N7O4/c1-3-32-31(22-44-21-26-12-15-36(51)46-26)40(52)49-17-16-23(18-34(49)47-32)27-6-4-7-28(37(27)41)29-8-5-9-30(38(29)42)33-13-10-24(39(48-33)53-2)19-43-20-25-11-14-35(50)45-25/h4-10,13,16-18,25-26,43-44H,3,11-12,14-15,19-22H2,1-2H3,(H,45,50)(H,46,51)/t25-,26+/m0/s1. The Labute approximate surface area is 317 Å². The molecule has 2 atom stereocenters. The van der Waals surface area contributed by atoms with Gasteiger partial charge in [-0.2, -0.15) is 0 Å². The van der Waals surface area contributed by atoms with Gasteiger partial charge in [-0.1, -0.05) is 72.6 Å². The van der Waals surface area contributed by atoms with E-state index >= 15 is 0 Å². The number of rotatable bonds is 13. The number of carbonyl (C=O) groups is 2. The second kappa shape index (κ2) is 16.1. The van der Waals surface area contributed by atoms with Crippen LogP contribution >= 0.6 is 23.2 Å². The molecule has 2 aliphatic heterocycles. The summed E-state index contributed by atoms with van der Waals surface area (Å²) in [4.78, 5) is 46.4. The number of aryl methyl sites for hydroxylation is 1. The van der Waals surface area contributed by atoms with Gasteiger partial charge >= 0.3 is 0 Å². The molecule has 5 aromatic rings. The summed E-state index contributed by atoms with van der Waals surface area (Å²) >= 11 is 14.3. The second-order valence-electron chi connectivity index (χ2n) is 13.4. The summed E-state index contributed by atoms with van der Waals surface area (Å²) in [5, 5.41) is 13.7. The topological polar surface area (TPSA) is 139 Å². The average Bonchev–Trinajstić information content (AvgIpc) is 3.79. The van der Waals surface area contributed by atoms with Crippen LogP contribution in [0.2, 0.25) is 10.0 Å². The first-order valence-corrected chi connectivity index (χ1v) is 18.7. The minimum atomic E-state index is -0.126. The third kappa shape index (κ3) is 7.79. The molecule has 2 amide bonds. The van der Waals surface area contributed by atoms with Gasteiger partial charge in [0.2, 0.25) is 17.7 Å². The molecule has 0 unspecified atom stereocenters. The molecule has 2 aromatic carbocycles. The van der Waals surface area contributed by atoms with Crippen molar-refractivity contribution in [3.8, 4) is 39.4 Å². The summed E-state index contributed by atoms with van der Waals surface area (Å²) in [6.45, 7) is 4.15. The van der Waals surface area contributed by atoms with Crippen molar-refractivity contribution in [2.24, 2.45) is 0 Å². The molecule has 0 bridgehead atoms. The molecule has 0 saturated carbocycles. The van der Waals surface area contributed by atoms with Crippen molar-refractivity contribution in [2.45, 2.75) is 64.2 Å². The first kappa shape index (κ1) is 36.5. The molecule has 0 aliphatic carbocycles. The first-order chi connectivity index (χ1) is 25.7. The SMILES string of the molecule is CCc1nc2cc(-c3cccc(-c4cccc(-c5ccc(CNC[C@@H]6CCC(=O)N6)c(OC)n5)c4Cl)c3Cl)ccn2c(=O)c1CNC[C@H]1CCC(=O)N1. The molecule has 0 radical (unpaired) electrons. The van der Waals surface area contributed by atoms with Gasteiger partial charge in [0.05, 0.1) is 34.1 Å². The van der Waals surface area contributed by atoms with Gasteiger partial charge < -0.3 is 26.0 Å². The summed E-state index contributed by atoms with van der Waals surface area (Å²) in [6.07, 6.45) is 5.05. The molecule has 2 saturated heterocycles. The van der Waals surface area contributed by atoms with Crippen LogP contribution in [0.4, 0.5) is 0 Å². The number of methoxy groups -OCH3 is 1. The van der Waals surface area contributed by atoms with E-state index in [1.54, 1.807) is 17.7 Å². The van der Waals surface area contributed by atoms with Crippen LogP contribution in [0.15, 0.2) is 71.7 Å². The van der Waals surface area contributed by atoms with E-state index in [-0.39, 0.29) is 29.5 Å². The predicted octanol–water partition coefficient (Wildman–Crippen LogP) is 5.70. The Morgan fingerprint density at radius 3 is 2.06 bits per heavy atom. The number of fused-ring (bicyclic) bond motifs is 1. The van der Waals surface area contributed by atoms with Crippen molar-refractivity contribution in [3.63, 3.8) is 0 Å². The number of hydrogen-bond donors (Lipinski definition) is 4. The number of amides is 2. The van der Waals surface area contributed by atoms with Gasteiger partial charge in [0.15, 0.2) is 0 Å². The van der Waals surface area contributed by atoms with Crippen molar-refractivity contribution in [3.05, 3.63) is 104 Å². The Hall–Kier alpha value is -4.81. The molecule has 5 heterocycles. The van der Waals surface area contributed by atoms with Crippen LogP contribution in [-0.2, 0) is 29.1 Å². The lowest BCUT2D eigenvalue weighted by Crippen LogP contribution is -2.37. The van der Waals surface area contributed by atoms with E-state index < -0.39 is 0 Å². The number of halogens is 2. The number of benzene rings is 2. The number of aromatic nitrogens is 3. The summed E-state index contributed by atoms with van der Waals surface area (Å²) in [5.74, 6) is 0.647. The highest BCUT2D eigenvalue weighted by Gasteiger charge is 2.23. The van der Waals surface area contributed by atoms with Crippen molar-refractivity contribution < 1.29 is 14.3 Å². The zero-order chi connectivity index (χ0) is 37.1. The van der Waals surface area contributed by atoms with E-state index in [0.29, 0.717) is 78.3 Å². The van der Waals surface area contributed by atoms with E-state index in [1.807, 2.05) is 67.6 Å². The molecule has 0 spiro atoms. The van der Waals surface area contributed by atoms with Gasteiger partial charge in [-0.3, -0.25) is 18.8 Å². The number of nitrogens with zero attached hydrogens (tertiary/aromatic N) is 3. The third-order valence-electron chi connectivity index (χ3n) is 9.92. The highest BCUT2D eigenvalue weighted by molar-refractivity contribution is 6.39. The fraction of sp³-hybridized carbons (Fsp3) is 0.325. The molecule has 13 heteroatoms. The number of pyridine rings is 2. The zero-order valence-electron chi connectivity index (χ0n) is 29.6. The lowest BCUT2D eigenvalue weighted by molar-refractivity contribution is -0.120. The normalized spacial score (nSPS) is 17.0. The molecule has 3 aromatic heterocycles. The first-order valence-electron chi connectivity index (χ1n) is 17.9. The Bertz CT molecular complexity index is 2260. The number of carbonyl (C=O) groups excluding carboxylic acids is 2. The Morgan fingerprint density at radius 2 is 1.43 bits per heavy atom. The lowest BCUT2D eigenvalue weighted by Gasteiger charge is -2.16. The van der Waals surface area contributed by atoms with Crippen LogP contribution in [-0.4, -0.2) is 58.5 Å². The summed E-state index contributed by atoms with van der Waals surface area (Å²) < 4.78 is 7.22. The van der Waals surface area contributed by atoms with Gasteiger partial charge in [0.1, 0.15) is 5.65 Å². The molecule has 2 fully saturated rings. The van der Waals surface area contributed by atoms with E-state index in [0.717, 1.165) is 51.9 Å². The van der Waals surface area contributed by atoms with E-state index in [9.17, 15) is 14.4 Å². The van der Waals surface area contributed by atoms with Crippen LogP contribution in [0.25, 0.3) is 39.2 Å². The maximum atomic E-state index is 13.6. The summed E-state index contributed by atoms with van der Waals surface area (Å²) in [5.41, 5.74) is 7.12. The van der Waals surface area contributed by atoms with Crippen LogP contribution in [0.1, 0.15) is 49.4 Å². The maximum Gasteiger partial charge on any atom is 0.262 e. The Morgan fingerprint density at radius 1 is 0.811 bits per heavy atom. The number of hydrogen-bond acceptors (Lipinski definition) is 8. The van der Waals surface area contributed by atoms with Gasteiger partial charge in [0, 0.05) is 85.1 Å². The largest absolute Gasteiger partial charge is 0.481 e. The predicted molar refractivity (Wildman–Crippen MR) is 207 cm³/mol. The van der Waals surface area contributed by atoms with Gasteiger partial charge in [-0.25, -0.2) is 9.97 Å². The quantitative estimate of drug-likeness (QED) is 0.120. The molecule has 4 N–H and O–H groups in total. The van der Waals surface area contributed by atoms with Crippen molar-refractivity contribution in [2.75, 3.05) is 20.2 Å². The fourth-order valence-electron chi connectivity index (χ4n) is 7.10. The van der Waals surface area contributed by atoms with E-state index in [4.69, 9.17) is 37.9 Å². The monoisotopic (exact) mass is 753 g/mol. The fourth-order valence-corrected chi connectivity index (χ4v) is 7.76.